The van der Waals surface area contributed by atoms with Crippen LogP contribution in [0, 0.1) is 0 Å². The summed E-state index contributed by atoms with van der Waals surface area (Å²) in [7, 11) is 0. The molecule has 230 valence electrons. The lowest BCUT2D eigenvalue weighted by atomic mass is 9.99. The molecule has 1 atom stereocenters. The monoisotopic (exact) mass is 621 g/mol. The van der Waals surface area contributed by atoms with Crippen LogP contribution in [0.3, 0.4) is 0 Å². The quantitative estimate of drug-likeness (QED) is 0.219. The Balaban J connectivity index is 1.95. The van der Waals surface area contributed by atoms with Crippen molar-refractivity contribution in [2.24, 2.45) is 0 Å². The summed E-state index contributed by atoms with van der Waals surface area (Å²) in [5, 5.41) is 9.67. The van der Waals surface area contributed by atoms with Crippen molar-refractivity contribution in [3.05, 3.63) is 83.9 Å². The average Bonchev–Trinajstić information content (AvgIpc) is 2.87. The Morgan fingerprint density at radius 1 is 0.714 bits per heavy atom. The van der Waals surface area contributed by atoms with Gasteiger partial charge in [0.15, 0.2) is 6.10 Å². The number of aliphatic hydroxyl groups is 1. The normalized spacial score (nSPS) is 13.7. The highest BCUT2D eigenvalue weighted by Gasteiger charge is 2.73. The predicted octanol–water partition coefficient (Wildman–Crippen LogP) is 8.30. The first-order chi connectivity index (χ1) is 19.3. The smallest absolute Gasteiger partial charge is 0.457 e. The molecule has 0 amide bonds. The van der Waals surface area contributed by atoms with E-state index in [0.29, 0.717) is 6.07 Å². The van der Waals surface area contributed by atoms with Crippen molar-refractivity contribution in [3.8, 4) is 17.2 Å². The van der Waals surface area contributed by atoms with Crippen LogP contribution < -0.4 is 14.4 Å². The van der Waals surface area contributed by atoms with Crippen LogP contribution in [0.2, 0.25) is 0 Å². The van der Waals surface area contributed by atoms with Gasteiger partial charge < -0.3 is 19.5 Å². The molecule has 0 saturated heterocycles. The zero-order valence-corrected chi connectivity index (χ0v) is 20.7. The predicted molar refractivity (Wildman–Crippen MR) is 124 cm³/mol. The topological polar surface area (TPSA) is 41.9 Å². The third-order valence-corrected chi connectivity index (χ3v) is 5.63. The molecule has 1 N–H and O–H groups in total. The molecule has 16 heteroatoms. The van der Waals surface area contributed by atoms with Crippen LogP contribution in [0.5, 0.6) is 17.2 Å². The van der Waals surface area contributed by atoms with Gasteiger partial charge in [-0.2, -0.15) is 52.7 Å². The summed E-state index contributed by atoms with van der Waals surface area (Å²) < 4.78 is 168. The minimum absolute atomic E-state index is 0.0345. The number of halogens is 12. The van der Waals surface area contributed by atoms with Crippen molar-refractivity contribution in [1.82, 2.24) is 0 Å². The van der Waals surface area contributed by atoms with E-state index >= 15 is 0 Å². The van der Waals surface area contributed by atoms with Gasteiger partial charge in [0.25, 0.3) is 0 Å². The van der Waals surface area contributed by atoms with E-state index in [0.717, 1.165) is 29.2 Å². The highest BCUT2D eigenvalue weighted by atomic mass is 19.4. The number of nitrogens with zero attached hydrogens (tertiary/aromatic N) is 1. The van der Waals surface area contributed by atoms with E-state index in [9.17, 15) is 57.8 Å². The second-order valence-corrected chi connectivity index (χ2v) is 8.74. The molecular formula is C26H19F12NO3. The van der Waals surface area contributed by atoms with Crippen LogP contribution in [-0.2, 0) is 12.5 Å². The fourth-order valence-corrected chi connectivity index (χ4v) is 3.61. The Kier molecular flexibility index (Phi) is 9.49. The van der Waals surface area contributed by atoms with Gasteiger partial charge in [0.1, 0.15) is 17.2 Å². The number of benzene rings is 3. The largest absolute Gasteiger partial charge is 0.460 e. The van der Waals surface area contributed by atoms with E-state index in [4.69, 9.17) is 4.74 Å². The van der Waals surface area contributed by atoms with Crippen LogP contribution in [-0.4, -0.2) is 42.6 Å². The minimum atomic E-state index is -6.61. The van der Waals surface area contributed by atoms with Gasteiger partial charge in [-0.1, -0.05) is 30.3 Å². The molecule has 0 spiro atoms. The van der Waals surface area contributed by atoms with E-state index in [-0.39, 0.29) is 29.0 Å². The number of rotatable bonds is 11. The van der Waals surface area contributed by atoms with Gasteiger partial charge in [-0.05, 0) is 35.9 Å². The summed E-state index contributed by atoms with van der Waals surface area (Å²) in [5.74, 6) is -12.6. The molecule has 0 radical (unpaired) electrons. The number of anilines is 1. The molecule has 3 rings (SSSR count). The summed E-state index contributed by atoms with van der Waals surface area (Å²) >= 11 is 0. The maximum atomic E-state index is 14.3. The van der Waals surface area contributed by atoms with Crippen molar-refractivity contribution in [2.45, 2.75) is 43.5 Å². The third-order valence-electron chi connectivity index (χ3n) is 5.63. The summed E-state index contributed by atoms with van der Waals surface area (Å²) in [6.45, 7) is -5.13. The van der Waals surface area contributed by atoms with Crippen molar-refractivity contribution >= 4 is 5.69 Å². The number of alkyl halides is 12. The summed E-state index contributed by atoms with van der Waals surface area (Å²) in [5.41, 5.74) is -2.28. The van der Waals surface area contributed by atoms with Gasteiger partial charge >= 0.3 is 30.8 Å². The molecule has 3 aromatic carbocycles. The zero-order chi connectivity index (χ0) is 31.5. The molecule has 0 bridgehead atoms. The molecule has 4 nitrogen and oxygen atoms in total. The lowest BCUT2D eigenvalue weighted by Crippen LogP contribution is -2.50. The van der Waals surface area contributed by atoms with Gasteiger partial charge in [-0.15, -0.1) is 0 Å². The average molecular weight is 621 g/mol. The van der Waals surface area contributed by atoms with Gasteiger partial charge in [0, 0.05) is 29.9 Å². The molecule has 0 heterocycles. The highest BCUT2D eigenvalue weighted by Crippen LogP contribution is 2.51. The number of aliphatic hydroxyl groups excluding tert-OH is 1. The van der Waals surface area contributed by atoms with Gasteiger partial charge in [0.05, 0.1) is 6.54 Å². The molecule has 42 heavy (non-hydrogen) atoms. The highest BCUT2D eigenvalue weighted by molar-refractivity contribution is 5.52. The number of ether oxygens (including phenoxy) is 2. The van der Waals surface area contributed by atoms with E-state index in [1.165, 1.54) is 36.4 Å². The lowest BCUT2D eigenvalue weighted by Gasteiger charge is -2.30. The van der Waals surface area contributed by atoms with Crippen molar-refractivity contribution in [3.63, 3.8) is 0 Å². The van der Waals surface area contributed by atoms with E-state index in [1.807, 2.05) is 0 Å². The SMILES string of the molecule is OC(CN(Cc1cccc(C(F)(F)C(F)(F)C(F)(F)F)c1)c1cccc(Oc2cccc(OC(F)F)c2)c1)C(F)(F)F. The first kappa shape index (κ1) is 32.7. The number of hydrogen-bond acceptors (Lipinski definition) is 4. The summed E-state index contributed by atoms with van der Waals surface area (Å²) in [6.07, 6.45) is -14.8. The van der Waals surface area contributed by atoms with Crippen LogP contribution in [0.25, 0.3) is 0 Å². The van der Waals surface area contributed by atoms with Crippen molar-refractivity contribution in [2.75, 3.05) is 11.4 Å². The second kappa shape index (κ2) is 12.2. The second-order valence-electron chi connectivity index (χ2n) is 8.74. The fraction of sp³-hybridized carbons (Fsp3) is 0.308. The van der Waals surface area contributed by atoms with Gasteiger partial charge in [0.2, 0.25) is 0 Å². The van der Waals surface area contributed by atoms with Crippen LogP contribution in [0.4, 0.5) is 58.4 Å². The van der Waals surface area contributed by atoms with E-state index < -0.39 is 61.1 Å². The zero-order valence-electron chi connectivity index (χ0n) is 20.7. The third kappa shape index (κ3) is 7.72. The van der Waals surface area contributed by atoms with Gasteiger partial charge in [-0.3, -0.25) is 0 Å². The Bertz CT molecular complexity index is 1340. The first-order valence-electron chi connectivity index (χ1n) is 11.6. The molecule has 0 aliphatic rings. The minimum Gasteiger partial charge on any atom is -0.457 e. The molecule has 1 unspecified atom stereocenters. The van der Waals surface area contributed by atoms with Crippen molar-refractivity contribution in [1.29, 1.82) is 0 Å². The summed E-state index contributed by atoms with van der Waals surface area (Å²) in [6, 6.07) is 12.1. The van der Waals surface area contributed by atoms with Crippen molar-refractivity contribution < 1.29 is 67.3 Å². The van der Waals surface area contributed by atoms with E-state index in [2.05, 4.69) is 4.74 Å². The standard InChI is InChI=1S/C26H19F12NO3/c27-22(28)42-20-9-3-8-19(12-20)41-18-7-2-6-17(11-18)39(14-21(40)24(31,32)33)13-15-4-1-5-16(10-15)23(29,30)25(34,35)26(36,37)38/h1-12,21-22,40H,13-14H2. The molecule has 0 aromatic heterocycles. The molecular weight excluding hydrogens is 602 g/mol. The van der Waals surface area contributed by atoms with Crippen LogP contribution in [0.15, 0.2) is 72.8 Å². The number of hydrogen-bond donors (Lipinski definition) is 1. The van der Waals surface area contributed by atoms with E-state index in [1.54, 1.807) is 0 Å². The first-order valence-corrected chi connectivity index (χ1v) is 11.6. The molecule has 0 fully saturated rings. The Morgan fingerprint density at radius 2 is 1.29 bits per heavy atom. The fourth-order valence-electron chi connectivity index (χ4n) is 3.61. The Labute approximate surface area is 229 Å². The Hall–Kier alpha value is -3.82. The summed E-state index contributed by atoms with van der Waals surface area (Å²) in [4.78, 5) is 0.792. The lowest BCUT2D eigenvalue weighted by molar-refractivity contribution is -0.359. The molecule has 0 saturated carbocycles. The maximum absolute atomic E-state index is 14.3. The maximum Gasteiger partial charge on any atom is 0.460 e. The molecule has 0 aliphatic carbocycles. The van der Waals surface area contributed by atoms with Crippen LogP contribution >= 0.6 is 0 Å². The van der Waals surface area contributed by atoms with Gasteiger partial charge in [-0.25, -0.2) is 0 Å². The molecule has 3 aromatic rings. The molecule has 0 aliphatic heterocycles. The van der Waals surface area contributed by atoms with Crippen LogP contribution in [0.1, 0.15) is 11.1 Å². The Morgan fingerprint density at radius 3 is 1.88 bits per heavy atom.